The molecule has 4 heterocycles. The van der Waals surface area contributed by atoms with Gasteiger partial charge in [0.25, 0.3) is 11.5 Å². The minimum absolute atomic E-state index is 0.0101. The van der Waals surface area contributed by atoms with Gasteiger partial charge in [0, 0.05) is 56.9 Å². The summed E-state index contributed by atoms with van der Waals surface area (Å²) in [4.78, 5) is 33.6. The van der Waals surface area contributed by atoms with Crippen LogP contribution in [0.1, 0.15) is 46.5 Å². The van der Waals surface area contributed by atoms with E-state index >= 15 is 0 Å². The third-order valence-corrected chi connectivity index (χ3v) is 7.95. The lowest BCUT2D eigenvalue weighted by Crippen LogP contribution is -2.49. The minimum Gasteiger partial charge on any atom is -0.387 e. The summed E-state index contributed by atoms with van der Waals surface area (Å²) in [5, 5.41) is 16.6. The van der Waals surface area contributed by atoms with Crippen molar-refractivity contribution in [2.45, 2.75) is 31.9 Å². The summed E-state index contributed by atoms with van der Waals surface area (Å²) in [6.07, 6.45) is 2.76. The third kappa shape index (κ3) is 4.62. The second-order valence-corrected chi connectivity index (χ2v) is 10.4. The predicted molar refractivity (Wildman–Crippen MR) is 145 cm³/mol. The van der Waals surface area contributed by atoms with E-state index in [-0.39, 0.29) is 17.5 Å². The summed E-state index contributed by atoms with van der Waals surface area (Å²) in [6, 6.07) is 13.7. The van der Waals surface area contributed by atoms with E-state index in [4.69, 9.17) is 4.74 Å². The van der Waals surface area contributed by atoms with E-state index in [9.17, 15) is 14.7 Å². The Hall–Kier alpha value is -3.53. The monoisotopic (exact) mass is 515 g/mol. The van der Waals surface area contributed by atoms with Gasteiger partial charge in [-0.05, 0) is 43.0 Å². The maximum absolute atomic E-state index is 13.7. The Bertz CT molecular complexity index is 1520. The van der Waals surface area contributed by atoms with Crippen molar-refractivity contribution in [3.63, 3.8) is 0 Å². The normalized spacial score (nSPS) is 18.3. The van der Waals surface area contributed by atoms with Crippen molar-refractivity contribution in [1.29, 1.82) is 0 Å². The Balaban J connectivity index is 1.25. The van der Waals surface area contributed by atoms with E-state index < -0.39 is 6.10 Å². The highest BCUT2D eigenvalue weighted by atomic mass is 16.5. The van der Waals surface area contributed by atoms with Crippen molar-refractivity contribution in [3.8, 4) is 0 Å². The summed E-state index contributed by atoms with van der Waals surface area (Å²) >= 11 is 0. The molecule has 2 aromatic carbocycles. The van der Waals surface area contributed by atoms with E-state index in [0.717, 1.165) is 34.9 Å². The fourth-order valence-electron chi connectivity index (χ4n) is 5.76. The van der Waals surface area contributed by atoms with Gasteiger partial charge >= 0.3 is 0 Å². The number of benzene rings is 2. The first kappa shape index (κ1) is 24.8. The molecule has 0 radical (unpaired) electrons. The van der Waals surface area contributed by atoms with Crippen LogP contribution in [0.3, 0.4) is 0 Å². The fraction of sp³-hybridized carbons (Fsp3) is 0.414. The van der Waals surface area contributed by atoms with E-state index in [1.54, 1.807) is 6.20 Å². The number of rotatable bonds is 5. The number of hydrogen-bond donors (Lipinski definition) is 2. The molecule has 9 heteroatoms. The van der Waals surface area contributed by atoms with Gasteiger partial charge in [0.05, 0.1) is 34.8 Å². The maximum Gasteiger partial charge on any atom is 0.259 e. The van der Waals surface area contributed by atoms with Crippen molar-refractivity contribution in [2.24, 2.45) is 0 Å². The number of aliphatic hydroxyl groups excluding tert-OH is 1. The van der Waals surface area contributed by atoms with Gasteiger partial charge in [-0.3, -0.25) is 19.2 Å². The summed E-state index contributed by atoms with van der Waals surface area (Å²) in [6.45, 7) is 6.40. The Labute approximate surface area is 220 Å². The number of ether oxygens (including phenoxy) is 1. The molecule has 2 aromatic heterocycles. The number of carbonyl (C=O) groups excluding carboxylic acids is 1. The average molecular weight is 516 g/mol. The number of hydrogen-bond acceptors (Lipinski definition) is 6. The van der Waals surface area contributed by atoms with Crippen molar-refractivity contribution in [1.82, 2.24) is 24.6 Å². The molecule has 4 aromatic rings. The lowest BCUT2D eigenvalue weighted by molar-refractivity contribution is 0.0527. The highest BCUT2D eigenvalue weighted by Gasteiger charge is 2.26. The number of nitrogens with zero attached hydrogens (tertiary/aromatic N) is 4. The molecule has 198 valence electrons. The fourth-order valence-corrected chi connectivity index (χ4v) is 5.76. The topological polar surface area (TPSA) is 104 Å². The zero-order chi connectivity index (χ0) is 26.2. The van der Waals surface area contributed by atoms with Gasteiger partial charge in [-0.1, -0.05) is 30.3 Å². The second-order valence-electron chi connectivity index (χ2n) is 10.4. The largest absolute Gasteiger partial charge is 0.387 e. The zero-order valence-corrected chi connectivity index (χ0v) is 21.6. The number of H-pyrrole nitrogens is 1. The van der Waals surface area contributed by atoms with Gasteiger partial charge in [-0.25, -0.2) is 0 Å². The molecule has 6 rings (SSSR count). The molecule has 0 bridgehead atoms. The Morgan fingerprint density at radius 1 is 1.11 bits per heavy atom. The molecule has 2 aliphatic heterocycles. The molecule has 0 saturated carbocycles. The van der Waals surface area contributed by atoms with Crippen LogP contribution in [0, 0.1) is 6.92 Å². The molecular formula is C29H33N5O4. The predicted octanol–water partition coefficient (Wildman–Crippen LogP) is 3.03. The average Bonchev–Trinajstić information content (AvgIpc) is 3.40. The van der Waals surface area contributed by atoms with Crippen LogP contribution in [0.2, 0.25) is 0 Å². The number of aromatic amines is 1. The summed E-state index contributed by atoms with van der Waals surface area (Å²) in [5.41, 5.74) is 3.70. The molecule has 1 atom stereocenters. The Morgan fingerprint density at radius 3 is 2.58 bits per heavy atom. The first-order valence-corrected chi connectivity index (χ1v) is 13.4. The van der Waals surface area contributed by atoms with Gasteiger partial charge in [-0.2, -0.15) is 5.10 Å². The van der Waals surface area contributed by atoms with Crippen LogP contribution in [0.25, 0.3) is 21.8 Å². The van der Waals surface area contributed by atoms with Gasteiger partial charge < -0.3 is 19.7 Å². The zero-order valence-electron chi connectivity index (χ0n) is 21.6. The number of pyridine rings is 1. The maximum atomic E-state index is 13.7. The van der Waals surface area contributed by atoms with E-state index in [1.165, 1.54) is 0 Å². The first-order chi connectivity index (χ1) is 18.5. The SMILES string of the molecule is Cc1cc2[nH]c(=O)c3cnn(C4CCOCC4)c3c2cc1C(=O)N1CCN(CC(O)c2ccccc2)CC1. The molecule has 1 amide bonds. The number of aryl methyl sites for hydroxylation is 1. The lowest BCUT2D eigenvalue weighted by atomic mass is 10.0. The van der Waals surface area contributed by atoms with Gasteiger partial charge in [0.15, 0.2) is 0 Å². The molecule has 9 nitrogen and oxygen atoms in total. The van der Waals surface area contributed by atoms with Crippen molar-refractivity contribution in [3.05, 3.63) is 75.7 Å². The smallest absolute Gasteiger partial charge is 0.259 e. The number of amides is 1. The van der Waals surface area contributed by atoms with Gasteiger partial charge in [0.1, 0.15) is 0 Å². The number of carbonyl (C=O) groups is 1. The van der Waals surface area contributed by atoms with Crippen LogP contribution >= 0.6 is 0 Å². The molecule has 0 aliphatic carbocycles. The highest BCUT2D eigenvalue weighted by molar-refractivity contribution is 6.07. The lowest BCUT2D eigenvalue weighted by Gasteiger charge is -2.36. The number of aromatic nitrogens is 3. The standard InChI is InChI=1S/C29H33N5O4/c1-19-15-25-23(27-24(28(36)31-25)17-30-34(27)21-7-13-38-14-8-21)16-22(19)29(37)33-11-9-32(10-12-33)18-26(35)20-5-3-2-4-6-20/h2-6,15-17,21,26,35H,7-14,18H2,1H3,(H,31,36). The minimum atomic E-state index is -0.550. The molecule has 0 spiro atoms. The second kappa shape index (κ2) is 10.3. The Kier molecular flexibility index (Phi) is 6.73. The van der Waals surface area contributed by atoms with Gasteiger partial charge in [0.2, 0.25) is 0 Å². The molecule has 2 aliphatic rings. The van der Waals surface area contributed by atoms with E-state index in [2.05, 4.69) is 15.0 Å². The van der Waals surface area contributed by atoms with E-state index in [1.807, 2.05) is 59.0 Å². The van der Waals surface area contributed by atoms with Crippen molar-refractivity contribution in [2.75, 3.05) is 45.9 Å². The first-order valence-electron chi connectivity index (χ1n) is 13.4. The van der Waals surface area contributed by atoms with Crippen LogP contribution in [0.15, 0.2) is 53.5 Å². The Morgan fingerprint density at radius 2 is 1.84 bits per heavy atom. The number of piperazine rings is 1. The van der Waals surface area contributed by atoms with Crippen LogP contribution < -0.4 is 5.56 Å². The molecule has 1 unspecified atom stereocenters. The van der Waals surface area contributed by atoms with Crippen molar-refractivity contribution < 1.29 is 14.6 Å². The molecule has 2 saturated heterocycles. The molecular weight excluding hydrogens is 482 g/mol. The number of nitrogens with one attached hydrogen (secondary N) is 1. The van der Waals surface area contributed by atoms with Gasteiger partial charge in [-0.15, -0.1) is 0 Å². The summed E-state index contributed by atoms with van der Waals surface area (Å²) < 4.78 is 7.48. The third-order valence-electron chi connectivity index (χ3n) is 7.95. The van der Waals surface area contributed by atoms with E-state index in [0.29, 0.717) is 62.4 Å². The van der Waals surface area contributed by atoms with Crippen LogP contribution in [-0.2, 0) is 4.74 Å². The molecule has 2 N–H and O–H groups in total. The van der Waals surface area contributed by atoms with Crippen LogP contribution in [-0.4, -0.2) is 81.5 Å². The summed E-state index contributed by atoms with van der Waals surface area (Å²) in [5.74, 6) is -0.0101. The number of β-amino-alcohol motifs (C(OH)–C–C–N with tert-alkyl or cyclic N) is 1. The number of fused-ring (bicyclic) bond motifs is 3. The number of aliphatic hydroxyl groups is 1. The van der Waals surface area contributed by atoms with Crippen molar-refractivity contribution >= 4 is 27.7 Å². The van der Waals surface area contributed by atoms with Crippen LogP contribution in [0.4, 0.5) is 0 Å². The quantitative estimate of drug-likeness (QED) is 0.424. The van der Waals surface area contributed by atoms with Crippen LogP contribution in [0.5, 0.6) is 0 Å². The highest BCUT2D eigenvalue weighted by Crippen LogP contribution is 2.30. The molecule has 38 heavy (non-hydrogen) atoms. The molecule has 2 fully saturated rings. The summed E-state index contributed by atoms with van der Waals surface area (Å²) in [7, 11) is 0.